The Morgan fingerprint density at radius 3 is 2.06 bits per heavy atom. The van der Waals surface area contributed by atoms with E-state index >= 15 is 0 Å². The lowest BCUT2D eigenvalue weighted by Gasteiger charge is -2.17. The maximum atomic E-state index is 11.3. The molecule has 16 heavy (non-hydrogen) atoms. The van der Waals surface area contributed by atoms with Crippen molar-refractivity contribution in [2.45, 2.75) is 39.2 Å². The number of carbonyl (C=O) groups is 3. The van der Waals surface area contributed by atoms with Gasteiger partial charge < -0.3 is 15.5 Å². The van der Waals surface area contributed by atoms with Crippen molar-refractivity contribution < 1.29 is 24.6 Å². The van der Waals surface area contributed by atoms with Crippen LogP contribution in [-0.2, 0) is 14.4 Å². The molecule has 0 bridgehead atoms. The molecule has 0 unspecified atom stereocenters. The summed E-state index contributed by atoms with van der Waals surface area (Å²) in [4.78, 5) is 32.2. The Kier molecular flexibility index (Phi) is 6.14. The lowest BCUT2D eigenvalue weighted by Crippen LogP contribution is -2.44. The minimum absolute atomic E-state index is 0.0306. The molecular weight excluding hydrogens is 214 g/mol. The molecule has 0 aliphatic carbocycles. The zero-order valence-electron chi connectivity index (χ0n) is 9.40. The van der Waals surface area contributed by atoms with E-state index in [-0.39, 0.29) is 25.2 Å². The fraction of sp³-hybridized carbons (Fsp3) is 0.700. The molecule has 0 saturated carbocycles. The van der Waals surface area contributed by atoms with Crippen molar-refractivity contribution in [1.82, 2.24) is 5.32 Å². The third-order valence-corrected chi connectivity index (χ3v) is 2.04. The number of hydrogen-bond donors (Lipinski definition) is 3. The topological polar surface area (TPSA) is 104 Å². The van der Waals surface area contributed by atoms with Crippen LogP contribution in [0.15, 0.2) is 0 Å². The van der Waals surface area contributed by atoms with E-state index in [1.165, 1.54) is 0 Å². The lowest BCUT2D eigenvalue weighted by atomic mass is 10.0. The molecule has 92 valence electrons. The first-order valence-corrected chi connectivity index (χ1v) is 5.08. The van der Waals surface area contributed by atoms with E-state index in [9.17, 15) is 14.4 Å². The van der Waals surface area contributed by atoms with E-state index in [1.54, 1.807) is 13.8 Å². The molecular formula is C10H17NO5. The van der Waals surface area contributed by atoms with Crippen LogP contribution in [0.3, 0.4) is 0 Å². The number of hydrogen-bond acceptors (Lipinski definition) is 3. The Hall–Kier alpha value is -1.59. The van der Waals surface area contributed by atoms with Gasteiger partial charge in [0.2, 0.25) is 5.91 Å². The van der Waals surface area contributed by atoms with Crippen LogP contribution < -0.4 is 5.32 Å². The van der Waals surface area contributed by atoms with Gasteiger partial charge in [-0.3, -0.25) is 9.59 Å². The number of carbonyl (C=O) groups excluding carboxylic acids is 1. The first-order chi connectivity index (χ1) is 7.34. The molecule has 1 amide bonds. The summed E-state index contributed by atoms with van der Waals surface area (Å²) in [6.07, 6.45) is 0.154. The smallest absolute Gasteiger partial charge is 0.326 e. The maximum absolute atomic E-state index is 11.3. The molecule has 0 rings (SSSR count). The van der Waals surface area contributed by atoms with Crippen molar-refractivity contribution in [3.05, 3.63) is 0 Å². The van der Waals surface area contributed by atoms with Crippen LogP contribution >= 0.6 is 0 Å². The summed E-state index contributed by atoms with van der Waals surface area (Å²) in [7, 11) is 0. The van der Waals surface area contributed by atoms with Crippen molar-refractivity contribution >= 4 is 17.8 Å². The molecule has 0 radical (unpaired) electrons. The van der Waals surface area contributed by atoms with Crippen molar-refractivity contribution in [3.8, 4) is 0 Å². The summed E-state index contributed by atoms with van der Waals surface area (Å²) in [6, 6.07) is -0.919. The Balaban J connectivity index is 4.01. The average molecular weight is 231 g/mol. The second kappa shape index (κ2) is 6.81. The zero-order chi connectivity index (χ0) is 12.7. The normalized spacial score (nSPS) is 12.2. The van der Waals surface area contributed by atoms with Crippen molar-refractivity contribution in [2.75, 3.05) is 0 Å². The van der Waals surface area contributed by atoms with Crippen LogP contribution in [0.4, 0.5) is 0 Å². The standard InChI is InChI=1S/C10H17NO5/c1-6(2)9(10(15)16)11-7(12)4-3-5-8(13)14/h6,9H,3-5H2,1-2H3,(H,11,12)(H,13,14)(H,15,16)/t9-/m0/s1. The second-order valence-electron chi connectivity index (χ2n) is 3.87. The van der Waals surface area contributed by atoms with Crippen LogP contribution in [0, 0.1) is 5.92 Å². The van der Waals surface area contributed by atoms with Gasteiger partial charge in [-0.25, -0.2) is 4.79 Å². The predicted molar refractivity (Wildman–Crippen MR) is 55.9 cm³/mol. The van der Waals surface area contributed by atoms with Gasteiger partial charge in [0.25, 0.3) is 0 Å². The quantitative estimate of drug-likeness (QED) is 0.590. The number of amides is 1. The Bertz CT molecular complexity index is 274. The summed E-state index contributed by atoms with van der Waals surface area (Å²) in [5, 5.41) is 19.5. The number of aliphatic carboxylic acids is 2. The molecule has 0 fully saturated rings. The molecule has 0 spiro atoms. The summed E-state index contributed by atoms with van der Waals surface area (Å²) < 4.78 is 0. The third-order valence-electron chi connectivity index (χ3n) is 2.04. The van der Waals surface area contributed by atoms with E-state index in [2.05, 4.69) is 5.32 Å². The first kappa shape index (κ1) is 14.4. The summed E-state index contributed by atoms with van der Waals surface area (Å²) >= 11 is 0. The second-order valence-corrected chi connectivity index (χ2v) is 3.87. The van der Waals surface area contributed by atoms with Gasteiger partial charge in [0.15, 0.2) is 0 Å². The number of rotatable bonds is 7. The monoisotopic (exact) mass is 231 g/mol. The van der Waals surface area contributed by atoms with E-state index in [0.29, 0.717) is 0 Å². The molecule has 1 atom stereocenters. The third kappa shape index (κ3) is 6.00. The first-order valence-electron chi connectivity index (χ1n) is 5.08. The number of carboxylic acid groups (broad SMARTS) is 2. The van der Waals surface area contributed by atoms with E-state index in [1.807, 2.05) is 0 Å². The molecule has 0 heterocycles. The maximum Gasteiger partial charge on any atom is 0.326 e. The molecule has 6 nitrogen and oxygen atoms in total. The van der Waals surface area contributed by atoms with Gasteiger partial charge in [0.1, 0.15) is 6.04 Å². The summed E-state index contributed by atoms with van der Waals surface area (Å²) in [5.74, 6) is -2.68. The molecule has 0 aromatic rings. The highest BCUT2D eigenvalue weighted by atomic mass is 16.4. The van der Waals surface area contributed by atoms with Crippen LogP contribution in [-0.4, -0.2) is 34.1 Å². The summed E-state index contributed by atoms with van der Waals surface area (Å²) in [5.41, 5.74) is 0. The Morgan fingerprint density at radius 1 is 1.12 bits per heavy atom. The van der Waals surface area contributed by atoms with E-state index in [4.69, 9.17) is 10.2 Å². The molecule has 0 aliphatic heterocycles. The molecule has 0 aliphatic rings. The van der Waals surface area contributed by atoms with Crippen LogP contribution in [0.2, 0.25) is 0 Å². The molecule has 3 N–H and O–H groups in total. The highest BCUT2D eigenvalue weighted by molar-refractivity contribution is 5.83. The van der Waals surface area contributed by atoms with Gasteiger partial charge in [-0.05, 0) is 12.3 Å². The molecule has 0 aromatic heterocycles. The molecule has 0 saturated heterocycles. The number of nitrogens with one attached hydrogen (secondary N) is 1. The van der Waals surface area contributed by atoms with Gasteiger partial charge in [-0.15, -0.1) is 0 Å². The molecule has 6 heteroatoms. The SMILES string of the molecule is CC(C)[C@H](NC(=O)CCCC(=O)O)C(=O)O. The summed E-state index contributed by atoms with van der Waals surface area (Å²) in [6.45, 7) is 3.38. The predicted octanol–water partition coefficient (Wildman–Crippen LogP) is 0.467. The van der Waals surface area contributed by atoms with Crippen molar-refractivity contribution in [1.29, 1.82) is 0 Å². The van der Waals surface area contributed by atoms with Crippen molar-refractivity contribution in [3.63, 3.8) is 0 Å². The van der Waals surface area contributed by atoms with Crippen LogP contribution in [0.5, 0.6) is 0 Å². The van der Waals surface area contributed by atoms with E-state index < -0.39 is 23.9 Å². The zero-order valence-corrected chi connectivity index (χ0v) is 9.40. The number of carboxylic acids is 2. The Morgan fingerprint density at radius 2 is 1.69 bits per heavy atom. The largest absolute Gasteiger partial charge is 0.481 e. The van der Waals surface area contributed by atoms with E-state index in [0.717, 1.165) is 0 Å². The minimum Gasteiger partial charge on any atom is -0.481 e. The van der Waals surface area contributed by atoms with Gasteiger partial charge in [0, 0.05) is 12.8 Å². The highest BCUT2D eigenvalue weighted by Crippen LogP contribution is 2.03. The average Bonchev–Trinajstić information content (AvgIpc) is 2.12. The van der Waals surface area contributed by atoms with Crippen LogP contribution in [0.1, 0.15) is 33.1 Å². The Labute approximate surface area is 93.6 Å². The van der Waals surface area contributed by atoms with Crippen LogP contribution in [0.25, 0.3) is 0 Å². The van der Waals surface area contributed by atoms with Gasteiger partial charge in [-0.2, -0.15) is 0 Å². The van der Waals surface area contributed by atoms with Gasteiger partial charge in [0.05, 0.1) is 0 Å². The fourth-order valence-electron chi connectivity index (χ4n) is 1.16. The van der Waals surface area contributed by atoms with Gasteiger partial charge in [-0.1, -0.05) is 13.8 Å². The lowest BCUT2D eigenvalue weighted by molar-refractivity contribution is -0.143. The fourth-order valence-corrected chi connectivity index (χ4v) is 1.16. The highest BCUT2D eigenvalue weighted by Gasteiger charge is 2.22. The molecule has 0 aromatic carbocycles. The van der Waals surface area contributed by atoms with Crippen molar-refractivity contribution in [2.24, 2.45) is 5.92 Å². The minimum atomic E-state index is -1.08. The van der Waals surface area contributed by atoms with Gasteiger partial charge >= 0.3 is 11.9 Å².